The Labute approximate surface area is 184 Å². The average Bonchev–Trinajstić information content (AvgIpc) is 3.14. The molecule has 2 aromatic rings. The van der Waals surface area contributed by atoms with E-state index in [0.717, 1.165) is 22.2 Å². The summed E-state index contributed by atoms with van der Waals surface area (Å²) in [6, 6.07) is 8.06. The minimum absolute atomic E-state index is 0.162. The second-order valence-electron chi connectivity index (χ2n) is 8.34. The summed E-state index contributed by atoms with van der Waals surface area (Å²) in [5.74, 6) is -2.94. The Bertz CT molecular complexity index is 1210. The lowest BCUT2D eigenvalue weighted by molar-refractivity contribution is -0.159. The molecule has 1 aromatic carbocycles. The maximum Gasteiger partial charge on any atom is 0.257 e. The number of aromatic nitrogens is 1. The molecule has 0 radical (unpaired) electrons. The predicted octanol–water partition coefficient (Wildman–Crippen LogP) is 0.453. The van der Waals surface area contributed by atoms with Crippen LogP contribution in [0.1, 0.15) is 18.2 Å². The van der Waals surface area contributed by atoms with Gasteiger partial charge >= 0.3 is 0 Å². The first-order valence-corrected chi connectivity index (χ1v) is 10.5. The fraction of sp³-hybridized carbons (Fsp3) is 0.348. The molecule has 0 aliphatic carbocycles. The number of ether oxygens (including phenoxy) is 1. The lowest BCUT2D eigenvalue weighted by atomic mass is 9.93. The van der Waals surface area contributed by atoms with Gasteiger partial charge in [-0.15, -0.1) is 0 Å². The highest BCUT2D eigenvalue weighted by molar-refractivity contribution is 6.53. The molecular formula is C23H22N4O5. The molecule has 32 heavy (non-hydrogen) atoms. The molecule has 9 heteroatoms. The number of Topliss-reactive ketones (excluding diaryl/α,β-unsaturated/α-hetero) is 2. The van der Waals surface area contributed by atoms with E-state index in [1.807, 2.05) is 44.2 Å². The molecule has 3 aliphatic heterocycles. The summed E-state index contributed by atoms with van der Waals surface area (Å²) in [6.45, 7) is 4.47. The minimum atomic E-state index is -1.23. The maximum absolute atomic E-state index is 12.9. The highest BCUT2D eigenvalue weighted by Gasteiger charge is 2.52. The standard InChI is InChI=1S/C23H22N4O5/c1-12-7-14(15-5-3-4-6-17(15)25-12)8-24-22(30)16-9-26-10-18-27(13(2)11-32-18)23(31)19(26)21(29)20(16)28/h3-7,9,13,18-19H,8,10-11H2,1-2H3,(H,24,30)/t13-,18+,19?/m0/s1. The molecule has 1 aromatic heterocycles. The summed E-state index contributed by atoms with van der Waals surface area (Å²) in [5.41, 5.74) is 2.20. The van der Waals surface area contributed by atoms with Gasteiger partial charge in [-0.3, -0.25) is 24.2 Å². The first-order chi connectivity index (χ1) is 15.3. The van der Waals surface area contributed by atoms with E-state index >= 15 is 0 Å². The number of carbonyl (C=O) groups is 4. The number of aryl methyl sites for hydroxylation is 1. The first-order valence-electron chi connectivity index (χ1n) is 10.5. The van der Waals surface area contributed by atoms with Crippen LogP contribution in [0, 0.1) is 6.92 Å². The third kappa shape index (κ3) is 3.16. The number of pyridine rings is 1. The zero-order chi connectivity index (χ0) is 22.6. The Kier molecular flexibility index (Phi) is 4.78. The highest BCUT2D eigenvalue weighted by Crippen LogP contribution is 2.29. The predicted molar refractivity (Wildman–Crippen MR) is 113 cm³/mol. The number of piperazine rings is 1. The van der Waals surface area contributed by atoms with Crippen molar-refractivity contribution < 1.29 is 23.9 Å². The number of hydrogen-bond donors (Lipinski definition) is 1. The van der Waals surface area contributed by atoms with E-state index in [2.05, 4.69) is 10.3 Å². The van der Waals surface area contributed by atoms with Crippen LogP contribution in [0.25, 0.3) is 10.9 Å². The van der Waals surface area contributed by atoms with Gasteiger partial charge in [0.05, 0.1) is 24.7 Å². The van der Waals surface area contributed by atoms with Gasteiger partial charge in [0.1, 0.15) is 11.8 Å². The van der Waals surface area contributed by atoms with E-state index in [4.69, 9.17) is 4.74 Å². The van der Waals surface area contributed by atoms with Gasteiger partial charge in [0.2, 0.25) is 11.6 Å². The average molecular weight is 434 g/mol. The Morgan fingerprint density at radius 2 is 2.03 bits per heavy atom. The van der Waals surface area contributed by atoms with Crippen molar-refractivity contribution in [3.63, 3.8) is 0 Å². The minimum Gasteiger partial charge on any atom is -0.354 e. The fourth-order valence-corrected chi connectivity index (χ4v) is 4.61. The molecule has 0 spiro atoms. The first kappa shape index (κ1) is 20.3. The molecule has 0 saturated carbocycles. The summed E-state index contributed by atoms with van der Waals surface area (Å²) < 4.78 is 5.64. The number of amides is 2. The van der Waals surface area contributed by atoms with Crippen molar-refractivity contribution in [2.45, 2.75) is 38.7 Å². The zero-order valence-corrected chi connectivity index (χ0v) is 17.7. The van der Waals surface area contributed by atoms with Crippen LogP contribution in [0.2, 0.25) is 0 Å². The van der Waals surface area contributed by atoms with Crippen molar-refractivity contribution in [2.75, 3.05) is 13.2 Å². The van der Waals surface area contributed by atoms with Crippen molar-refractivity contribution >= 4 is 34.3 Å². The molecule has 2 saturated heterocycles. The van der Waals surface area contributed by atoms with E-state index in [-0.39, 0.29) is 24.7 Å². The number of para-hydroxylation sites is 1. The lowest BCUT2D eigenvalue weighted by Crippen LogP contribution is -2.65. The Hall–Kier alpha value is -3.59. The van der Waals surface area contributed by atoms with E-state index < -0.39 is 35.7 Å². The van der Waals surface area contributed by atoms with Crippen molar-refractivity contribution in [3.8, 4) is 0 Å². The van der Waals surface area contributed by atoms with Gasteiger partial charge in [-0.1, -0.05) is 18.2 Å². The summed E-state index contributed by atoms with van der Waals surface area (Å²) in [6.07, 6.45) is 0.822. The SMILES string of the molecule is Cc1cc(CNC(=O)C2=CN3C[C@H]4OC[C@H](C)N4C(=O)C3C(=O)C2=O)c2ccccc2n1. The van der Waals surface area contributed by atoms with Crippen LogP contribution < -0.4 is 5.32 Å². The molecule has 5 rings (SSSR count). The Morgan fingerprint density at radius 1 is 1.25 bits per heavy atom. The zero-order valence-electron chi connectivity index (χ0n) is 17.7. The van der Waals surface area contributed by atoms with Crippen molar-refractivity contribution in [1.29, 1.82) is 0 Å². The van der Waals surface area contributed by atoms with Crippen LogP contribution in [-0.2, 0) is 30.5 Å². The maximum atomic E-state index is 12.9. The molecule has 1 N–H and O–H groups in total. The smallest absolute Gasteiger partial charge is 0.257 e. The van der Waals surface area contributed by atoms with Crippen LogP contribution in [0.5, 0.6) is 0 Å². The summed E-state index contributed by atoms with van der Waals surface area (Å²) >= 11 is 0. The Morgan fingerprint density at radius 3 is 2.84 bits per heavy atom. The summed E-state index contributed by atoms with van der Waals surface area (Å²) in [5, 5.41) is 3.63. The molecule has 2 amide bonds. The molecule has 4 heterocycles. The Balaban J connectivity index is 1.38. The molecule has 0 bridgehead atoms. The summed E-state index contributed by atoms with van der Waals surface area (Å²) in [4.78, 5) is 58.6. The molecule has 1 unspecified atom stereocenters. The van der Waals surface area contributed by atoms with Gasteiger partial charge < -0.3 is 19.9 Å². The topological polar surface area (TPSA) is 109 Å². The van der Waals surface area contributed by atoms with Gasteiger partial charge in [-0.25, -0.2) is 0 Å². The van der Waals surface area contributed by atoms with Gasteiger partial charge in [0.25, 0.3) is 11.8 Å². The second kappa shape index (κ2) is 7.52. The van der Waals surface area contributed by atoms with E-state index in [0.29, 0.717) is 6.61 Å². The molecular weight excluding hydrogens is 412 g/mol. The number of carbonyl (C=O) groups excluding carboxylic acids is 4. The number of rotatable bonds is 3. The quantitative estimate of drug-likeness (QED) is 0.425. The van der Waals surface area contributed by atoms with Crippen LogP contribution >= 0.6 is 0 Å². The number of benzene rings is 1. The van der Waals surface area contributed by atoms with Gasteiger partial charge in [-0.05, 0) is 31.5 Å². The monoisotopic (exact) mass is 434 g/mol. The third-order valence-corrected chi connectivity index (χ3v) is 6.13. The van der Waals surface area contributed by atoms with E-state index in [1.54, 1.807) is 0 Å². The summed E-state index contributed by atoms with van der Waals surface area (Å²) in [7, 11) is 0. The number of hydrogen-bond acceptors (Lipinski definition) is 7. The van der Waals surface area contributed by atoms with Crippen LogP contribution in [0.15, 0.2) is 42.1 Å². The van der Waals surface area contributed by atoms with Crippen LogP contribution in [0.3, 0.4) is 0 Å². The number of nitrogens with zero attached hydrogens (tertiary/aromatic N) is 3. The second-order valence-corrected chi connectivity index (χ2v) is 8.34. The van der Waals surface area contributed by atoms with E-state index in [9.17, 15) is 19.2 Å². The van der Waals surface area contributed by atoms with Gasteiger partial charge in [-0.2, -0.15) is 0 Å². The normalized spacial score (nSPS) is 25.0. The van der Waals surface area contributed by atoms with Crippen molar-refractivity contribution in [1.82, 2.24) is 20.1 Å². The van der Waals surface area contributed by atoms with Crippen LogP contribution in [0.4, 0.5) is 0 Å². The van der Waals surface area contributed by atoms with Crippen LogP contribution in [-0.4, -0.2) is 69.6 Å². The molecule has 9 nitrogen and oxygen atoms in total. The highest BCUT2D eigenvalue weighted by atomic mass is 16.5. The fourth-order valence-electron chi connectivity index (χ4n) is 4.61. The molecule has 2 fully saturated rings. The van der Waals surface area contributed by atoms with Gasteiger partial charge in [0, 0.05) is 23.8 Å². The van der Waals surface area contributed by atoms with E-state index in [1.165, 1.54) is 16.0 Å². The van der Waals surface area contributed by atoms with Crippen molar-refractivity contribution in [3.05, 3.63) is 53.4 Å². The number of nitrogens with one attached hydrogen (secondary N) is 1. The third-order valence-electron chi connectivity index (χ3n) is 6.13. The van der Waals surface area contributed by atoms with Gasteiger partial charge in [0.15, 0.2) is 6.04 Å². The number of fused-ring (bicyclic) bond motifs is 3. The molecule has 3 atom stereocenters. The largest absolute Gasteiger partial charge is 0.354 e. The van der Waals surface area contributed by atoms with Crippen molar-refractivity contribution in [2.24, 2.45) is 0 Å². The number of ketones is 2. The molecule has 3 aliphatic rings. The molecule has 164 valence electrons. The lowest BCUT2D eigenvalue weighted by Gasteiger charge is -2.43.